The summed E-state index contributed by atoms with van der Waals surface area (Å²) in [7, 11) is 0. The fourth-order valence-corrected chi connectivity index (χ4v) is 2.87. The van der Waals surface area contributed by atoms with E-state index in [0.29, 0.717) is 11.3 Å². The number of carbonyl (C=O) groups excluding carboxylic acids is 3. The second-order valence-corrected chi connectivity index (χ2v) is 5.26. The predicted octanol–water partition coefficient (Wildman–Crippen LogP) is 1.07. The van der Waals surface area contributed by atoms with Crippen molar-refractivity contribution in [2.75, 3.05) is 5.32 Å². The van der Waals surface area contributed by atoms with Gasteiger partial charge in [-0.15, -0.1) is 0 Å². The van der Waals surface area contributed by atoms with Gasteiger partial charge >= 0.3 is 0 Å². The summed E-state index contributed by atoms with van der Waals surface area (Å²) in [6.07, 6.45) is 6.85. The second-order valence-electron chi connectivity index (χ2n) is 5.26. The van der Waals surface area contributed by atoms with Crippen molar-refractivity contribution in [2.45, 2.75) is 0 Å². The quantitative estimate of drug-likeness (QED) is 0.787. The minimum atomic E-state index is -0.526. The summed E-state index contributed by atoms with van der Waals surface area (Å²) in [5.41, 5.74) is 1.31. The number of allylic oxidation sites excluding steroid dienone is 2. The van der Waals surface area contributed by atoms with E-state index in [1.165, 1.54) is 0 Å². The maximum absolute atomic E-state index is 12.3. The Hall–Kier alpha value is -3.02. The molecule has 108 valence electrons. The number of hydrogen-bond acceptors (Lipinski definition) is 4. The monoisotopic (exact) mass is 293 g/mol. The van der Waals surface area contributed by atoms with Gasteiger partial charge in [0.05, 0.1) is 17.5 Å². The number of nitrogens with one attached hydrogen (secondary N) is 1. The molecule has 4 rings (SSSR count). The topological polar surface area (TPSA) is 78.8 Å². The maximum atomic E-state index is 12.3. The summed E-state index contributed by atoms with van der Waals surface area (Å²) >= 11 is 0. The number of nitrogens with zero attached hydrogens (tertiary/aromatic N) is 2. The van der Waals surface area contributed by atoms with E-state index in [-0.39, 0.29) is 5.71 Å². The fourth-order valence-electron chi connectivity index (χ4n) is 2.87. The fraction of sp³-hybridized carbons (Fsp3) is 0.125. The average Bonchev–Trinajstić information content (AvgIpc) is 2.98. The molecular formula is C16H11N3O3. The molecule has 6 heteroatoms. The maximum Gasteiger partial charge on any atom is 0.276 e. The summed E-state index contributed by atoms with van der Waals surface area (Å²) in [5, 5.41) is 7.55. The second kappa shape index (κ2) is 4.49. The highest BCUT2D eigenvalue weighted by atomic mass is 16.2. The van der Waals surface area contributed by atoms with Crippen LogP contribution in [-0.2, 0) is 14.4 Å². The van der Waals surface area contributed by atoms with Gasteiger partial charge in [0.25, 0.3) is 17.7 Å². The molecule has 0 spiro atoms. The Morgan fingerprint density at radius 2 is 1.59 bits per heavy atom. The molecule has 0 aromatic heterocycles. The van der Waals surface area contributed by atoms with Crippen LogP contribution < -0.4 is 5.32 Å². The van der Waals surface area contributed by atoms with Crippen molar-refractivity contribution in [3.8, 4) is 0 Å². The van der Waals surface area contributed by atoms with E-state index in [1.54, 1.807) is 48.6 Å². The first-order valence-corrected chi connectivity index (χ1v) is 6.89. The van der Waals surface area contributed by atoms with Gasteiger partial charge in [0, 0.05) is 5.56 Å². The number of carbonyl (C=O) groups is 3. The number of hydrogen-bond donors (Lipinski definition) is 1. The lowest BCUT2D eigenvalue weighted by Crippen LogP contribution is -2.29. The van der Waals surface area contributed by atoms with Crippen LogP contribution in [0.2, 0.25) is 0 Å². The van der Waals surface area contributed by atoms with E-state index < -0.39 is 29.6 Å². The van der Waals surface area contributed by atoms with Gasteiger partial charge < -0.3 is 5.32 Å². The van der Waals surface area contributed by atoms with Gasteiger partial charge in [-0.2, -0.15) is 10.1 Å². The van der Waals surface area contributed by atoms with Crippen LogP contribution in [0.1, 0.15) is 5.56 Å². The third-order valence-corrected chi connectivity index (χ3v) is 3.97. The van der Waals surface area contributed by atoms with Crippen molar-refractivity contribution >= 4 is 29.1 Å². The van der Waals surface area contributed by atoms with E-state index >= 15 is 0 Å². The van der Waals surface area contributed by atoms with Gasteiger partial charge in [-0.1, -0.05) is 42.5 Å². The Labute approximate surface area is 125 Å². The molecule has 3 aliphatic rings. The van der Waals surface area contributed by atoms with Gasteiger partial charge in [-0.05, 0) is 6.07 Å². The lowest BCUT2D eigenvalue weighted by Gasteiger charge is -2.08. The highest BCUT2D eigenvalue weighted by molar-refractivity contribution is 6.53. The number of para-hydroxylation sites is 1. The largest absolute Gasteiger partial charge is 0.320 e. The molecule has 1 N–H and O–H groups in total. The summed E-state index contributed by atoms with van der Waals surface area (Å²) in [6, 6.07) is 7.03. The molecule has 1 saturated heterocycles. The van der Waals surface area contributed by atoms with Crippen LogP contribution in [-0.4, -0.2) is 28.4 Å². The lowest BCUT2D eigenvalue weighted by molar-refractivity contribution is -0.139. The van der Waals surface area contributed by atoms with E-state index in [0.717, 1.165) is 5.01 Å². The van der Waals surface area contributed by atoms with Crippen molar-refractivity contribution in [3.05, 3.63) is 54.1 Å². The number of hydrazone groups is 1. The highest BCUT2D eigenvalue weighted by Gasteiger charge is 2.46. The number of imide groups is 1. The molecule has 0 saturated carbocycles. The third-order valence-electron chi connectivity index (χ3n) is 3.97. The molecule has 0 radical (unpaired) electrons. The Balaban J connectivity index is 1.76. The Morgan fingerprint density at radius 3 is 2.27 bits per heavy atom. The van der Waals surface area contributed by atoms with Gasteiger partial charge in [-0.25, -0.2) is 0 Å². The first-order valence-electron chi connectivity index (χ1n) is 6.89. The van der Waals surface area contributed by atoms with Crippen LogP contribution >= 0.6 is 0 Å². The summed E-state index contributed by atoms with van der Waals surface area (Å²) in [4.78, 5) is 36.7. The normalized spacial score (nSPS) is 27.4. The zero-order chi connectivity index (χ0) is 15.3. The van der Waals surface area contributed by atoms with Crippen LogP contribution in [0.15, 0.2) is 53.7 Å². The number of benzene rings is 1. The first kappa shape index (κ1) is 12.7. The zero-order valence-corrected chi connectivity index (χ0v) is 11.4. The average molecular weight is 293 g/mol. The summed E-state index contributed by atoms with van der Waals surface area (Å²) < 4.78 is 0. The highest BCUT2D eigenvalue weighted by Crippen LogP contribution is 2.32. The first-order chi connectivity index (χ1) is 10.7. The molecular weight excluding hydrogens is 282 g/mol. The van der Waals surface area contributed by atoms with E-state index in [2.05, 4.69) is 10.4 Å². The summed E-state index contributed by atoms with van der Waals surface area (Å²) in [5.74, 6) is -2.27. The molecule has 2 unspecified atom stereocenters. The van der Waals surface area contributed by atoms with Crippen molar-refractivity contribution in [1.82, 2.24) is 5.01 Å². The van der Waals surface area contributed by atoms with E-state index in [4.69, 9.17) is 0 Å². The predicted molar refractivity (Wildman–Crippen MR) is 78.7 cm³/mol. The molecule has 1 aromatic rings. The minimum Gasteiger partial charge on any atom is -0.320 e. The number of anilines is 1. The number of rotatable bonds is 1. The Bertz CT molecular complexity index is 777. The van der Waals surface area contributed by atoms with Gasteiger partial charge in [-0.3, -0.25) is 14.4 Å². The smallest absolute Gasteiger partial charge is 0.276 e. The van der Waals surface area contributed by atoms with E-state index in [1.807, 2.05) is 0 Å². The van der Waals surface area contributed by atoms with Crippen molar-refractivity contribution in [1.29, 1.82) is 0 Å². The van der Waals surface area contributed by atoms with Crippen LogP contribution in [0.25, 0.3) is 0 Å². The van der Waals surface area contributed by atoms with Crippen molar-refractivity contribution < 1.29 is 14.4 Å². The minimum absolute atomic E-state index is 0.0870. The number of amides is 3. The molecule has 22 heavy (non-hydrogen) atoms. The van der Waals surface area contributed by atoms with Gasteiger partial charge in [0.1, 0.15) is 0 Å². The van der Waals surface area contributed by atoms with Crippen LogP contribution in [0.4, 0.5) is 5.69 Å². The Morgan fingerprint density at radius 1 is 0.955 bits per heavy atom. The molecule has 1 aliphatic carbocycles. The lowest BCUT2D eigenvalue weighted by atomic mass is 9.91. The molecule has 3 amide bonds. The van der Waals surface area contributed by atoms with E-state index in [9.17, 15) is 14.4 Å². The molecule has 1 aromatic carbocycles. The Kier molecular flexibility index (Phi) is 2.59. The zero-order valence-electron chi connectivity index (χ0n) is 11.4. The molecule has 6 nitrogen and oxygen atoms in total. The molecule has 2 aliphatic heterocycles. The standard InChI is InChI=1S/C16H11N3O3/c20-14-13(11-7-3-4-8-12(11)17-14)18-19-15(21)9-5-1-2-6-10(9)16(19)22/h1-10H,(H,17,18,20). The third kappa shape index (κ3) is 1.67. The summed E-state index contributed by atoms with van der Waals surface area (Å²) in [6.45, 7) is 0. The molecule has 2 atom stereocenters. The molecule has 1 fully saturated rings. The number of fused-ring (bicyclic) bond motifs is 2. The van der Waals surface area contributed by atoms with Crippen LogP contribution in [0, 0.1) is 11.8 Å². The molecule has 0 bridgehead atoms. The van der Waals surface area contributed by atoms with Gasteiger partial charge in [0.2, 0.25) is 0 Å². The SMILES string of the molecule is O=C1Nc2ccccc2C1=NN1C(=O)C2C=CC=CC2C1=O. The van der Waals surface area contributed by atoms with Gasteiger partial charge in [0.15, 0.2) is 5.71 Å². The van der Waals surface area contributed by atoms with Crippen molar-refractivity contribution in [3.63, 3.8) is 0 Å². The molecule has 2 heterocycles. The van der Waals surface area contributed by atoms with Crippen molar-refractivity contribution in [2.24, 2.45) is 16.9 Å². The van der Waals surface area contributed by atoms with Crippen LogP contribution in [0.5, 0.6) is 0 Å². The van der Waals surface area contributed by atoms with Crippen LogP contribution in [0.3, 0.4) is 0 Å².